The Hall–Kier alpha value is -1.31. The summed E-state index contributed by atoms with van der Waals surface area (Å²) in [6.07, 6.45) is 3.18. The van der Waals surface area contributed by atoms with Crippen molar-refractivity contribution in [3.8, 4) is 0 Å². The number of likely N-dealkylation sites (tertiary alicyclic amines) is 1. The van der Waals surface area contributed by atoms with E-state index in [0.29, 0.717) is 5.91 Å². The molecule has 1 saturated heterocycles. The van der Waals surface area contributed by atoms with E-state index in [0.717, 1.165) is 32.4 Å². The Bertz CT molecular complexity index is 347. The molecule has 2 rings (SSSR count). The Morgan fingerprint density at radius 2 is 2.06 bits per heavy atom. The van der Waals surface area contributed by atoms with E-state index in [1.165, 1.54) is 5.56 Å². The highest BCUT2D eigenvalue weighted by Gasteiger charge is 2.24. The van der Waals surface area contributed by atoms with Gasteiger partial charge in [0, 0.05) is 19.0 Å². The average Bonchev–Trinajstić information content (AvgIpc) is 2.32. The molecule has 1 aromatic rings. The van der Waals surface area contributed by atoms with Gasteiger partial charge in [-0.2, -0.15) is 0 Å². The molecule has 0 radical (unpaired) electrons. The molecule has 1 aliphatic rings. The predicted molar refractivity (Wildman–Crippen MR) is 65.1 cm³/mol. The zero-order valence-corrected chi connectivity index (χ0v) is 9.86. The largest absolute Gasteiger partial charge is 0.342 e. The molecule has 0 saturated carbocycles. The lowest BCUT2D eigenvalue weighted by atomic mass is 9.99. The minimum Gasteiger partial charge on any atom is -0.342 e. The molecule has 1 aliphatic heterocycles. The van der Waals surface area contributed by atoms with Crippen molar-refractivity contribution in [1.82, 2.24) is 4.90 Å². The number of nitrogens with zero attached hydrogens (tertiary/aromatic N) is 1. The third-order valence-corrected chi connectivity index (χ3v) is 3.31. The van der Waals surface area contributed by atoms with E-state index in [1.54, 1.807) is 0 Å². The number of hydrogen-bond donors (Lipinski definition) is 0. The highest BCUT2D eigenvalue weighted by Crippen LogP contribution is 2.17. The Morgan fingerprint density at radius 3 is 2.81 bits per heavy atom. The second kappa shape index (κ2) is 5.15. The van der Waals surface area contributed by atoms with Crippen LogP contribution in [0.5, 0.6) is 0 Å². The first-order valence-electron chi connectivity index (χ1n) is 6.10. The Balaban J connectivity index is 1.88. The molecule has 1 atom stereocenters. The van der Waals surface area contributed by atoms with Crippen molar-refractivity contribution in [1.29, 1.82) is 0 Å². The molecule has 0 aliphatic carbocycles. The Kier molecular flexibility index (Phi) is 3.60. The van der Waals surface area contributed by atoms with E-state index in [2.05, 4.69) is 24.3 Å². The Labute approximate surface area is 97.3 Å². The average molecular weight is 217 g/mol. The molecular weight excluding hydrogens is 198 g/mol. The summed E-state index contributed by atoms with van der Waals surface area (Å²) in [4.78, 5) is 13.9. The van der Waals surface area contributed by atoms with E-state index in [-0.39, 0.29) is 5.92 Å². The lowest BCUT2D eigenvalue weighted by molar-refractivity contribution is -0.137. The number of piperidine rings is 1. The molecule has 1 unspecified atom stereocenters. The standard InChI is InChI=1S/C14H19NO/c1-12-6-5-10-15(14(12)16)11-9-13-7-3-2-4-8-13/h2-4,7-8,12H,5-6,9-11H2,1H3. The van der Waals surface area contributed by atoms with E-state index in [9.17, 15) is 4.79 Å². The number of amides is 1. The van der Waals surface area contributed by atoms with Crippen LogP contribution >= 0.6 is 0 Å². The van der Waals surface area contributed by atoms with Crippen molar-refractivity contribution >= 4 is 5.91 Å². The molecule has 0 N–H and O–H groups in total. The van der Waals surface area contributed by atoms with Crippen LogP contribution in [0.25, 0.3) is 0 Å². The monoisotopic (exact) mass is 217 g/mol. The first kappa shape index (κ1) is 11.2. The number of hydrogen-bond acceptors (Lipinski definition) is 1. The highest BCUT2D eigenvalue weighted by molar-refractivity contribution is 5.79. The smallest absolute Gasteiger partial charge is 0.225 e. The zero-order valence-electron chi connectivity index (χ0n) is 9.86. The SMILES string of the molecule is CC1CCCN(CCc2ccccc2)C1=O. The van der Waals surface area contributed by atoms with Crippen LogP contribution in [0.1, 0.15) is 25.3 Å². The fourth-order valence-electron chi connectivity index (χ4n) is 2.26. The first-order chi connectivity index (χ1) is 7.77. The van der Waals surface area contributed by atoms with E-state index in [4.69, 9.17) is 0 Å². The molecule has 86 valence electrons. The van der Waals surface area contributed by atoms with Gasteiger partial charge in [0.15, 0.2) is 0 Å². The fourth-order valence-corrected chi connectivity index (χ4v) is 2.26. The van der Waals surface area contributed by atoms with Gasteiger partial charge in [-0.05, 0) is 24.8 Å². The molecule has 0 spiro atoms. The van der Waals surface area contributed by atoms with Gasteiger partial charge in [-0.3, -0.25) is 4.79 Å². The molecule has 1 aromatic carbocycles. The van der Waals surface area contributed by atoms with Crippen LogP contribution in [0.4, 0.5) is 0 Å². The van der Waals surface area contributed by atoms with Crippen LogP contribution in [0.2, 0.25) is 0 Å². The summed E-state index contributed by atoms with van der Waals surface area (Å²) in [6.45, 7) is 3.85. The molecule has 2 heteroatoms. The summed E-state index contributed by atoms with van der Waals surface area (Å²) in [6, 6.07) is 10.4. The van der Waals surface area contributed by atoms with Gasteiger partial charge in [0.2, 0.25) is 5.91 Å². The van der Waals surface area contributed by atoms with Crippen LogP contribution in [0.3, 0.4) is 0 Å². The molecule has 1 amide bonds. The van der Waals surface area contributed by atoms with E-state index in [1.807, 2.05) is 17.9 Å². The topological polar surface area (TPSA) is 20.3 Å². The molecule has 0 bridgehead atoms. The van der Waals surface area contributed by atoms with Crippen LogP contribution in [0.15, 0.2) is 30.3 Å². The van der Waals surface area contributed by atoms with Gasteiger partial charge in [0.1, 0.15) is 0 Å². The number of rotatable bonds is 3. The molecule has 0 aromatic heterocycles. The minimum absolute atomic E-state index is 0.226. The highest BCUT2D eigenvalue weighted by atomic mass is 16.2. The number of carbonyl (C=O) groups excluding carboxylic acids is 1. The second-order valence-corrected chi connectivity index (χ2v) is 4.60. The summed E-state index contributed by atoms with van der Waals surface area (Å²) < 4.78 is 0. The summed E-state index contributed by atoms with van der Waals surface area (Å²) in [7, 11) is 0. The molecule has 16 heavy (non-hydrogen) atoms. The number of carbonyl (C=O) groups is 1. The zero-order chi connectivity index (χ0) is 11.4. The summed E-state index contributed by atoms with van der Waals surface area (Å²) in [5.41, 5.74) is 1.31. The van der Waals surface area contributed by atoms with Gasteiger partial charge in [-0.25, -0.2) is 0 Å². The lowest BCUT2D eigenvalue weighted by Gasteiger charge is -2.30. The van der Waals surface area contributed by atoms with Gasteiger partial charge in [0.05, 0.1) is 0 Å². The maximum atomic E-state index is 11.9. The normalized spacial score (nSPS) is 21.2. The first-order valence-corrected chi connectivity index (χ1v) is 6.10. The van der Waals surface area contributed by atoms with Crippen LogP contribution < -0.4 is 0 Å². The van der Waals surface area contributed by atoms with Crippen LogP contribution in [-0.4, -0.2) is 23.9 Å². The van der Waals surface area contributed by atoms with Gasteiger partial charge in [-0.15, -0.1) is 0 Å². The lowest BCUT2D eigenvalue weighted by Crippen LogP contribution is -2.41. The van der Waals surface area contributed by atoms with Crippen molar-refractivity contribution < 1.29 is 4.79 Å². The quantitative estimate of drug-likeness (QED) is 0.761. The van der Waals surface area contributed by atoms with Crippen molar-refractivity contribution in [3.05, 3.63) is 35.9 Å². The van der Waals surface area contributed by atoms with Crippen molar-refractivity contribution in [2.24, 2.45) is 5.92 Å². The maximum Gasteiger partial charge on any atom is 0.225 e. The summed E-state index contributed by atoms with van der Waals surface area (Å²) in [5, 5.41) is 0. The van der Waals surface area contributed by atoms with Gasteiger partial charge in [0.25, 0.3) is 0 Å². The van der Waals surface area contributed by atoms with Crippen LogP contribution in [-0.2, 0) is 11.2 Å². The van der Waals surface area contributed by atoms with Gasteiger partial charge < -0.3 is 4.90 Å². The number of benzene rings is 1. The molecule has 2 nitrogen and oxygen atoms in total. The van der Waals surface area contributed by atoms with Crippen molar-refractivity contribution in [3.63, 3.8) is 0 Å². The van der Waals surface area contributed by atoms with Crippen molar-refractivity contribution in [2.75, 3.05) is 13.1 Å². The Morgan fingerprint density at radius 1 is 1.31 bits per heavy atom. The third-order valence-electron chi connectivity index (χ3n) is 3.31. The molecule has 1 fully saturated rings. The predicted octanol–water partition coefficient (Wildman–Crippen LogP) is 2.49. The second-order valence-electron chi connectivity index (χ2n) is 4.60. The maximum absolute atomic E-state index is 11.9. The third kappa shape index (κ3) is 2.63. The van der Waals surface area contributed by atoms with Gasteiger partial charge in [-0.1, -0.05) is 37.3 Å². The van der Waals surface area contributed by atoms with E-state index >= 15 is 0 Å². The summed E-state index contributed by atoms with van der Waals surface area (Å²) in [5.74, 6) is 0.562. The molecular formula is C14H19NO. The fraction of sp³-hybridized carbons (Fsp3) is 0.500. The van der Waals surface area contributed by atoms with Crippen molar-refractivity contribution in [2.45, 2.75) is 26.2 Å². The molecule has 1 heterocycles. The van der Waals surface area contributed by atoms with Gasteiger partial charge >= 0.3 is 0 Å². The van der Waals surface area contributed by atoms with E-state index < -0.39 is 0 Å². The van der Waals surface area contributed by atoms with Crippen LogP contribution in [0, 0.1) is 5.92 Å². The minimum atomic E-state index is 0.226. The summed E-state index contributed by atoms with van der Waals surface area (Å²) >= 11 is 0.